The van der Waals surface area contributed by atoms with Gasteiger partial charge in [0.2, 0.25) is 0 Å². The standard InChI is InChI=1S/C13H14N2S/c1-10(11(2)15-7-3-4-8-15)13-6-5-12(9-14)16-13/h3-8,10-11H,1-2H3. The first-order valence-electron chi connectivity index (χ1n) is 5.34. The Morgan fingerprint density at radius 3 is 2.50 bits per heavy atom. The number of aromatic nitrogens is 1. The molecule has 0 aromatic carbocycles. The first-order chi connectivity index (χ1) is 7.72. The van der Waals surface area contributed by atoms with Gasteiger partial charge in [-0.25, -0.2) is 0 Å². The number of thiophene rings is 1. The second-order valence-electron chi connectivity index (χ2n) is 3.97. The van der Waals surface area contributed by atoms with Crippen LogP contribution in [0, 0.1) is 11.3 Å². The van der Waals surface area contributed by atoms with E-state index < -0.39 is 0 Å². The highest BCUT2D eigenvalue weighted by Gasteiger charge is 2.17. The van der Waals surface area contributed by atoms with Gasteiger partial charge in [-0.3, -0.25) is 0 Å². The van der Waals surface area contributed by atoms with Crippen LogP contribution in [-0.2, 0) is 0 Å². The molecule has 0 spiro atoms. The van der Waals surface area contributed by atoms with Crippen LogP contribution in [0.5, 0.6) is 0 Å². The first-order valence-corrected chi connectivity index (χ1v) is 6.16. The minimum absolute atomic E-state index is 0.417. The molecule has 0 amide bonds. The maximum Gasteiger partial charge on any atom is 0.110 e. The van der Waals surface area contributed by atoms with E-state index >= 15 is 0 Å². The molecule has 0 bridgehead atoms. The van der Waals surface area contributed by atoms with Crippen molar-refractivity contribution in [3.63, 3.8) is 0 Å². The molecule has 82 valence electrons. The average molecular weight is 230 g/mol. The fraction of sp³-hybridized carbons (Fsp3) is 0.308. The summed E-state index contributed by atoms with van der Waals surface area (Å²) in [6.45, 7) is 4.41. The topological polar surface area (TPSA) is 28.7 Å². The van der Waals surface area contributed by atoms with E-state index in [4.69, 9.17) is 5.26 Å². The van der Waals surface area contributed by atoms with Gasteiger partial charge in [-0.2, -0.15) is 5.26 Å². The molecule has 2 heterocycles. The summed E-state index contributed by atoms with van der Waals surface area (Å²) in [6, 6.07) is 10.6. The summed E-state index contributed by atoms with van der Waals surface area (Å²) in [6.07, 6.45) is 4.17. The van der Waals surface area contributed by atoms with Gasteiger partial charge in [-0.1, -0.05) is 6.92 Å². The molecular weight excluding hydrogens is 216 g/mol. The third-order valence-electron chi connectivity index (χ3n) is 3.01. The van der Waals surface area contributed by atoms with Gasteiger partial charge < -0.3 is 4.57 Å². The van der Waals surface area contributed by atoms with E-state index in [1.54, 1.807) is 11.3 Å². The van der Waals surface area contributed by atoms with E-state index in [1.807, 2.05) is 18.2 Å². The Balaban J connectivity index is 2.19. The Kier molecular flexibility index (Phi) is 3.12. The zero-order valence-corrected chi connectivity index (χ0v) is 10.2. The van der Waals surface area contributed by atoms with Crippen LogP contribution in [0.2, 0.25) is 0 Å². The van der Waals surface area contributed by atoms with Crippen LogP contribution in [0.1, 0.15) is 35.6 Å². The zero-order valence-electron chi connectivity index (χ0n) is 9.42. The lowest BCUT2D eigenvalue weighted by Crippen LogP contribution is -2.09. The normalized spacial score (nSPS) is 14.3. The molecule has 3 heteroatoms. The Hall–Kier alpha value is -1.53. The number of hydrogen-bond acceptors (Lipinski definition) is 2. The van der Waals surface area contributed by atoms with Crippen molar-refractivity contribution < 1.29 is 0 Å². The zero-order chi connectivity index (χ0) is 11.5. The highest BCUT2D eigenvalue weighted by Crippen LogP contribution is 2.32. The molecule has 2 rings (SSSR count). The van der Waals surface area contributed by atoms with Gasteiger partial charge in [0.25, 0.3) is 0 Å². The SMILES string of the molecule is CC(c1ccc(C#N)s1)C(C)n1cccc1. The van der Waals surface area contributed by atoms with Gasteiger partial charge in [-0.15, -0.1) is 11.3 Å². The smallest absolute Gasteiger partial charge is 0.110 e. The predicted octanol–water partition coefficient (Wildman–Crippen LogP) is 3.79. The minimum Gasteiger partial charge on any atom is -0.351 e. The molecule has 2 aromatic heterocycles. The second kappa shape index (κ2) is 4.54. The van der Waals surface area contributed by atoms with Crippen molar-refractivity contribution >= 4 is 11.3 Å². The Labute approximate surface area is 99.8 Å². The number of nitrogens with zero attached hydrogens (tertiary/aromatic N) is 2. The lowest BCUT2D eigenvalue weighted by Gasteiger charge is -2.20. The highest BCUT2D eigenvalue weighted by molar-refractivity contribution is 7.12. The number of hydrogen-bond donors (Lipinski definition) is 0. The van der Waals surface area contributed by atoms with Crippen LogP contribution in [0.3, 0.4) is 0 Å². The van der Waals surface area contributed by atoms with Crippen LogP contribution in [0.25, 0.3) is 0 Å². The minimum atomic E-state index is 0.417. The third kappa shape index (κ3) is 2.02. The molecule has 2 unspecified atom stereocenters. The van der Waals surface area contributed by atoms with Crippen molar-refractivity contribution in [3.05, 3.63) is 46.4 Å². The molecule has 2 atom stereocenters. The maximum atomic E-state index is 8.81. The van der Waals surface area contributed by atoms with Crippen LogP contribution >= 0.6 is 11.3 Å². The van der Waals surface area contributed by atoms with E-state index in [1.165, 1.54) is 4.88 Å². The molecule has 0 radical (unpaired) electrons. The average Bonchev–Trinajstić information content (AvgIpc) is 2.97. The molecule has 0 aliphatic carbocycles. The first kappa shape index (κ1) is 11.0. The largest absolute Gasteiger partial charge is 0.351 e. The van der Waals surface area contributed by atoms with Crippen LogP contribution in [-0.4, -0.2) is 4.57 Å². The van der Waals surface area contributed by atoms with Crippen LogP contribution in [0.15, 0.2) is 36.7 Å². The van der Waals surface area contributed by atoms with Crippen LogP contribution < -0.4 is 0 Å². The number of nitriles is 1. The maximum absolute atomic E-state index is 8.81. The summed E-state index contributed by atoms with van der Waals surface area (Å²) >= 11 is 1.59. The Morgan fingerprint density at radius 1 is 1.25 bits per heavy atom. The lowest BCUT2D eigenvalue weighted by molar-refractivity contribution is 0.475. The van der Waals surface area contributed by atoms with Gasteiger partial charge in [0.1, 0.15) is 10.9 Å². The molecule has 2 nitrogen and oxygen atoms in total. The van der Waals surface area contributed by atoms with E-state index in [0.29, 0.717) is 12.0 Å². The summed E-state index contributed by atoms with van der Waals surface area (Å²) in [5, 5.41) is 8.81. The van der Waals surface area contributed by atoms with Crippen molar-refractivity contribution in [2.24, 2.45) is 0 Å². The van der Waals surface area contributed by atoms with Gasteiger partial charge in [0, 0.05) is 29.2 Å². The highest BCUT2D eigenvalue weighted by atomic mass is 32.1. The van der Waals surface area contributed by atoms with Gasteiger partial charge >= 0.3 is 0 Å². The fourth-order valence-electron chi connectivity index (χ4n) is 1.77. The molecule has 2 aromatic rings. The van der Waals surface area contributed by atoms with Gasteiger partial charge in [-0.05, 0) is 31.2 Å². The molecule has 0 saturated carbocycles. The van der Waals surface area contributed by atoms with Crippen molar-refractivity contribution in [3.8, 4) is 6.07 Å². The quantitative estimate of drug-likeness (QED) is 0.788. The molecule has 0 fully saturated rings. The third-order valence-corrected chi connectivity index (χ3v) is 4.20. The van der Waals surface area contributed by atoms with Gasteiger partial charge in [0.15, 0.2) is 0 Å². The summed E-state index contributed by atoms with van der Waals surface area (Å²) in [7, 11) is 0. The van der Waals surface area contributed by atoms with Crippen molar-refractivity contribution in [2.45, 2.75) is 25.8 Å². The summed E-state index contributed by atoms with van der Waals surface area (Å²) in [5.74, 6) is 0.430. The molecular formula is C13H14N2S. The van der Waals surface area contributed by atoms with E-state index in [0.717, 1.165) is 4.88 Å². The van der Waals surface area contributed by atoms with E-state index in [9.17, 15) is 0 Å². The molecule has 0 aliphatic heterocycles. The van der Waals surface area contributed by atoms with Crippen LogP contribution in [0.4, 0.5) is 0 Å². The van der Waals surface area contributed by atoms with Crippen molar-refractivity contribution in [1.82, 2.24) is 4.57 Å². The monoisotopic (exact) mass is 230 g/mol. The predicted molar refractivity (Wildman–Crippen MR) is 66.6 cm³/mol. The van der Waals surface area contributed by atoms with Crippen molar-refractivity contribution in [2.75, 3.05) is 0 Å². The summed E-state index contributed by atoms with van der Waals surface area (Å²) < 4.78 is 2.20. The Bertz CT molecular complexity index is 490. The fourth-order valence-corrected chi connectivity index (χ4v) is 2.73. The summed E-state index contributed by atoms with van der Waals surface area (Å²) in [4.78, 5) is 2.07. The Morgan fingerprint density at radius 2 is 1.94 bits per heavy atom. The van der Waals surface area contributed by atoms with Gasteiger partial charge in [0.05, 0.1) is 0 Å². The molecule has 16 heavy (non-hydrogen) atoms. The second-order valence-corrected chi connectivity index (χ2v) is 5.09. The molecule has 0 aliphatic rings. The lowest BCUT2D eigenvalue weighted by atomic mass is 10.0. The summed E-state index contributed by atoms with van der Waals surface area (Å²) in [5.41, 5.74) is 0. The molecule has 0 N–H and O–H groups in total. The van der Waals surface area contributed by atoms with E-state index in [2.05, 4.69) is 42.9 Å². The number of rotatable bonds is 3. The molecule has 0 saturated heterocycles. The van der Waals surface area contributed by atoms with E-state index in [-0.39, 0.29) is 0 Å². The van der Waals surface area contributed by atoms with Crippen molar-refractivity contribution in [1.29, 1.82) is 5.26 Å².